The van der Waals surface area contributed by atoms with Crippen molar-refractivity contribution in [3.05, 3.63) is 35.9 Å². The zero-order chi connectivity index (χ0) is 41.6. The van der Waals surface area contributed by atoms with Gasteiger partial charge < -0.3 is 39.5 Å². The molecule has 13 heteroatoms. The number of amides is 3. The molecule has 0 radical (unpaired) electrons. The van der Waals surface area contributed by atoms with Gasteiger partial charge in [0, 0.05) is 80.3 Å². The van der Waals surface area contributed by atoms with Crippen LogP contribution in [-0.2, 0) is 35.1 Å². The highest BCUT2D eigenvalue weighted by Gasteiger charge is 2.43. The van der Waals surface area contributed by atoms with Crippen molar-refractivity contribution < 1.29 is 33.8 Å². The van der Waals surface area contributed by atoms with Crippen LogP contribution in [0.4, 0.5) is 0 Å². The van der Waals surface area contributed by atoms with Crippen molar-refractivity contribution in [3.8, 4) is 0 Å². The molecule has 13 nitrogen and oxygen atoms in total. The minimum atomic E-state index is -0.636. The minimum absolute atomic E-state index is 0.00470. The molecule has 1 aliphatic rings. The molecular formula is C42H72N6O7. The van der Waals surface area contributed by atoms with Crippen LogP contribution in [0.15, 0.2) is 35.3 Å². The minimum Gasteiger partial charge on any atom is -0.394 e. The Morgan fingerprint density at radius 3 is 2.07 bits per heavy atom. The lowest BCUT2D eigenvalue weighted by Crippen LogP contribution is -2.55. The van der Waals surface area contributed by atoms with Gasteiger partial charge in [0.05, 0.1) is 37.3 Å². The van der Waals surface area contributed by atoms with Gasteiger partial charge in [0.15, 0.2) is 5.96 Å². The van der Waals surface area contributed by atoms with Crippen molar-refractivity contribution >= 4 is 29.5 Å². The third kappa shape index (κ3) is 13.3. The largest absolute Gasteiger partial charge is 0.394 e. The SMILES string of the molecule is CC[C@H](C)[C@@H]([C@@H](CC(=O)N1CCC[C@H]1[C@H](OC)[C@@H](C)C(=O)C[C@@H](Cc1ccccc1)C(=O)N[C@@H](C)CO)OC)N(C)C(=O)[C@@H](N=C(N(C)C)N(C)C)C(C)C. The van der Waals surface area contributed by atoms with E-state index in [9.17, 15) is 24.3 Å². The first-order valence-corrected chi connectivity index (χ1v) is 20.0. The summed E-state index contributed by atoms with van der Waals surface area (Å²) in [4.78, 5) is 68.0. The first-order chi connectivity index (χ1) is 25.9. The fourth-order valence-electron chi connectivity index (χ4n) is 7.78. The monoisotopic (exact) mass is 773 g/mol. The molecule has 0 unspecified atom stereocenters. The molecule has 0 aliphatic carbocycles. The summed E-state index contributed by atoms with van der Waals surface area (Å²) in [6.07, 6.45) is 1.45. The van der Waals surface area contributed by atoms with Crippen molar-refractivity contribution in [2.45, 2.75) is 116 Å². The van der Waals surface area contributed by atoms with Gasteiger partial charge in [0.1, 0.15) is 11.8 Å². The number of carbonyl (C=O) groups is 4. The molecule has 0 saturated carbocycles. The Kier molecular flexibility index (Phi) is 19.8. The van der Waals surface area contributed by atoms with Crippen molar-refractivity contribution in [3.63, 3.8) is 0 Å². The lowest BCUT2D eigenvalue weighted by molar-refractivity contribution is -0.146. The predicted octanol–water partition coefficient (Wildman–Crippen LogP) is 3.73. The second kappa shape index (κ2) is 22.9. The Balaban J connectivity index is 2.33. The molecule has 0 aromatic heterocycles. The third-order valence-electron chi connectivity index (χ3n) is 11.1. The zero-order valence-electron chi connectivity index (χ0n) is 35.9. The van der Waals surface area contributed by atoms with Crippen molar-refractivity contribution in [2.24, 2.45) is 28.7 Å². The molecule has 1 aromatic carbocycles. The average Bonchev–Trinajstić information content (AvgIpc) is 3.63. The summed E-state index contributed by atoms with van der Waals surface area (Å²) in [6, 6.07) is 7.74. The number of nitrogens with zero attached hydrogens (tertiary/aromatic N) is 5. The Hall–Kier alpha value is -3.55. The first kappa shape index (κ1) is 47.6. The molecule has 55 heavy (non-hydrogen) atoms. The van der Waals surface area contributed by atoms with Crippen LogP contribution >= 0.6 is 0 Å². The Morgan fingerprint density at radius 1 is 0.945 bits per heavy atom. The number of methoxy groups -OCH3 is 2. The standard InChI is InChI=1S/C42H72N6O7/c1-14-28(4)38(47(11)41(53)37(27(2)3)44-42(45(7)8)46(9)10)35(54-12)25-36(51)48-22-18-21-33(48)39(55-13)30(6)34(50)24-32(40(52)43-29(5)26-49)23-31-19-16-15-17-20-31/h15-17,19-20,27-30,32-33,35,37-39,49H,14,18,21-26H2,1-13H3,(H,43,52)/t28-,29-,30-,32+,33-,35+,37-,38-,39+/m0/s1. The second-order valence-electron chi connectivity index (χ2n) is 16.1. The lowest BCUT2D eigenvalue weighted by atomic mass is 9.85. The van der Waals surface area contributed by atoms with E-state index >= 15 is 0 Å². The number of guanidine groups is 1. The van der Waals surface area contributed by atoms with Crippen LogP contribution in [-0.4, -0.2) is 153 Å². The van der Waals surface area contributed by atoms with Crippen LogP contribution in [0.5, 0.6) is 0 Å². The predicted molar refractivity (Wildman–Crippen MR) is 218 cm³/mol. The van der Waals surface area contributed by atoms with Gasteiger partial charge in [-0.3, -0.25) is 19.2 Å². The summed E-state index contributed by atoms with van der Waals surface area (Å²) in [6.45, 7) is 12.0. The number of hydrogen-bond acceptors (Lipinski definition) is 8. The highest BCUT2D eigenvalue weighted by Crippen LogP contribution is 2.31. The quantitative estimate of drug-likeness (QED) is 0.141. The Bertz CT molecular complexity index is 1380. The molecule has 1 aromatic rings. The first-order valence-electron chi connectivity index (χ1n) is 20.0. The van der Waals surface area contributed by atoms with E-state index in [1.54, 1.807) is 33.1 Å². The number of likely N-dealkylation sites (tertiary alicyclic amines) is 1. The maximum Gasteiger partial charge on any atom is 0.247 e. The molecule has 0 bridgehead atoms. The number of ether oxygens (including phenoxy) is 2. The van der Waals surface area contributed by atoms with E-state index in [2.05, 4.69) is 19.2 Å². The lowest BCUT2D eigenvalue weighted by Gasteiger charge is -2.40. The van der Waals surface area contributed by atoms with Crippen molar-refractivity contribution in [1.82, 2.24) is 24.9 Å². The summed E-state index contributed by atoms with van der Waals surface area (Å²) in [5, 5.41) is 12.4. The summed E-state index contributed by atoms with van der Waals surface area (Å²) in [5.74, 6) is -1.26. The Morgan fingerprint density at radius 2 is 1.56 bits per heavy atom. The number of hydrogen-bond donors (Lipinski definition) is 2. The number of rotatable bonds is 21. The normalized spacial score (nSPS) is 18.7. The highest BCUT2D eigenvalue weighted by molar-refractivity contribution is 5.89. The number of benzene rings is 1. The molecule has 3 amide bonds. The van der Waals surface area contributed by atoms with Crippen molar-refractivity contribution in [1.29, 1.82) is 0 Å². The van der Waals surface area contributed by atoms with Gasteiger partial charge >= 0.3 is 0 Å². The molecule has 1 saturated heterocycles. The second-order valence-corrected chi connectivity index (χ2v) is 16.1. The van der Waals surface area contributed by atoms with Gasteiger partial charge in [0.2, 0.25) is 17.7 Å². The van der Waals surface area contributed by atoms with Crippen molar-refractivity contribution in [2.75, 3.05) is 62.6 Å². The number of ketones is 1. The van der Waals surface area contributed by atoms with E-state index in [-0.39, 0.29) is 60.8 Å². The van der Waals surface area contributed by atoms with Gasteiger partial charge in [-0.05, 0) is 43.6 Å². The van der Waals surface area contributed by atoms with Crippen LogP contribution in [0.25, 0.3) is 0 Å². The number of nitrogens with one attached hydrogen (secondary N) is 1. The van der Waals surface area contributed by atoms with E-state index in [0.29, 0.717) is 25.3 Å². The topological polar surface area (TPSA) is 144 Å². The number of likely N-dealkylation sites (N-methyl/N-ethyl adjacent to an activating group) is 1. The van der Waals surface area contributed by atoms with E-state index in [1.165, 1.54) is 0 Å². The summed E-state index contributed by atoms with van der Waals surface area (Å²) < 4.78 is 12.1. The fraction of sp³-hybridized carbons (Fsp3) is 0.738. The Labute approximate surface area is 331 Å². The summed E-state index contributed by atoms with van der Waals surface area (Å²) in [5.41, 5.74) is 0.936. The van der Waals surface area contributed by atoms with Gasteiger partial charge in [-0.2, -0.15) is 0 Å². The zero-order valence-corrected chi connectivity index (χ0v) is 35.9. The molecule has 2 N–H and O–H groups in total. The number of aliphatic hydroxyl groups excluding tert-OH is 1. The maximum atomic E-state index is 14.3. The number of aliphatic hydroxyl groups is 1. The van der Waals surface area contributed by atoms with Gasteiger partial charge in [-0.25, -0.2) is 4.99 Å². The molecular weight excluding hydrogens is 700 g/mol. The van der Waals surface area contributed by atoms with Gasteiger partial charge in [-0.1, -0.05) is 71.4 Å². The molecule has 2 rings (SSSR count). The van der Waals surface area contributed by atoms with Gasteiger partial charge in [-0.15, -0.1) is 0 Å². The smallest absolute Gasteiger partial charge is 0.247 e. The molecule has 9 atom stereocenters. The molecule has 0 spiro atoms. The molecule has 1 heterocycles. The molecule has 312 valence electrons. The summed E-state index contributed by atoms with van der Waals surface area (Å²) in [7, 11) is 12.5. The summed E-state index contributed by atoms with van der Waals surface area (Å²) >= 11 is 0. The van der Waals surface area contributed by atoms with E-state index < -0.39 is 42.2 Å². The number of aliphatic imine (C=N–C) groups is 1. The van der Waals surface area contributed by atoms with E-state index in [1.807, 2.05) is 94.0 Å². The highest BCUT2D eigenvalue weighted by atomic mass is 16.5. The van der Waals surface area contributed by atoms with Crippen LogP contribution in [0.3, 0.4) is 0 Å². The van der Waals surface area contributed by atoms with Crippen LogP contribution < -0.4 is 5.32 Å². The van der Waals surface area contributed by atoms with Crippen LogP contribution in [0, 0.1) is 23.7 Å². The van der Waals surface area contributed by atoms with Gasteiger partial charge in [0.25, 0.3) is 0 Å². The van der Waals surface area contributed by atoms with E-state index in [0.717, 1.165) is 18.4 Å². The third-order valence-corrected chi connectivity index (χ3v) is 11.1. The van der Waals surface area contributed by atoms with Crippen LogP contribution in [0.2, 0.25) is 0 Å². The number of Topliss-reactive ketones (excluding diaryl/α,β-unsaturated/α-hetero) is 1. The van der Waals surface area contributed by atoms with E-state index in [4.69, 9.17) is 14.5 Å². The van der Waals surface area contributed by atoms with Crippen LogP contribution in [0.1, 0.15) is 79.2 Å². The maximum absolute atomic E-state index is 14.3. The number of carbonyl (C=O) groups excluding carboxylic acids is 4. The average molecular weight is 773 g/mol. The molecule has 1 aliphatic heterocycles. The molecule has 1 fully saturated rings. The fourth-order valence-corrected chi connectivity index (χ4v) is 7.78.